The summed E-state index contributed by atoms with van der Waals surface area (Å²) in [7, 11) is 1.44. The molecule has 146 valence electrons. The molecule has 0 saturated carbocycles. The van der Waals surface area contributed by atoms with Crippen LogP contribution in [0.1, 0.15) is 18.1 Å². The Labute approximate surface area is 163 Å². The van der Waals surface area contributed by atoms with Crippen LogP contribution in [0, 0.1) is 5.82 Å². The van der Waals surface area contributed by atoms with Crippen molar-refractivity contribution in [3.63, 3.8) is 0 Å². The molecule has 0 fully saturated rings. The molecule has 1 unspecified atom stereocenters. The molecule has 0 aliphatic carbocycles. The summed E-state index contributed by atoms with van der Waals surface area (Å²) in [6.07, 6.45) is -4.65. The maximum atomic E-state index is 13.4. The van der Waals surface area contributed by atoms with Crippen LogP contribution in [-0.2, 0) is 16.7 Å². The van der Waals surface area contributed by atoms with E-state index < -0.39 is 28.7 Å². The molecule has 1 N–H and O–H groups in total. The Morgan fingerprint density at radius 2 is 1.96 bits per heavy atom. The quantitative estimate of drug-likeness (QED) is 0.602. The molecule has 1 amide bonds. The van der Waals surface area contributed by atoms with E-state index in [9.17, 15) is 22.4 Å². The largest absolute Gasteiger partial charge is 0.496 e. The van der Waals surface area contributed by atoms with Gasteiger partial charge in [0.15, 0.2) is 0 Å². The van der Waals surface area contributed by atoms with Crippen LogP contribution in [0.5, 0.6) is 5.75 Å². The summed E-state index contributed by atoms with van der Waals surface area (Å²) in [4.78, 5) is 12.3. The third-order valence-electron chi connectivity index (χ3n) is 3.65. The monoisotopic (exact) mass is 421 g/mol. The molecule has 0 aliphatic rings. The summed E-state index contributed by atoms with van der Waals surface area (Å²) in [5, 5.41) is 1.51. The summed E-state index contributed by atoms with van der Waals surface area (Å²) >= 11 is 6.77. The third kappa shape index (κ3) is 5.77. The van der Waals surface area contributed by atoms with Gasteiger partial charge in [0.2, 0.25) is 5.91 Å². The maximum absolute atomic E-state index is 13.4. The van der Waals surface area contributed by atoms with Crippen LogP contribution in [0.3, 0.4) is 0 Å². The van der Waals surface area contributed by atoms with E-state index in [0.717, 1.165) is 23.9 Å². The van der Waals surface area contributed by atoms with Gasteiger partial charge in [-0.2, -0.15) is 13.2 Å². The summed E-state index contributed by atoms with van der Waals surface area (Å²) in [6, 6.07) is 7.14. The van der Waals surface area contributed by atoms with Gasteiger partial charge in [0.1, 0.15) is 11.6 Å². The fourth-order valence-electron chi connectivity index (χ4n) is 2.24. The number of methoxy groups -OCH3 is 1. The molecule has 2 rings (SSSR count). The van der Waals surface area contributed by atoms with Crippen molar-refractivity contribution in [1.82, 2.24) is 0 Å². The van der Waals surface area contributed by atoms with Crippen molar-refractivity contribution < 1.29 is 27.1 Å². The number of hydrogen-bond donors (Lipinski definition) is 1. The van der Waals surface area contributed by atoms with Crippen molar-refractivity contribution in [3.05, 3.63) is 58.4 Å². The Morgan fingerprint density at radius 3 is 2.59 bits per heavy atom. The van der Waals surface area contributed by atoms with E-state index in [4.69, 9.17) is 16.3 Å². The number of benzene rings is 2. The highest BCUT2D eigenvalue weighted by atomic mass is 35.5. The van der Waals surface area contributed by atoms with E-state index in [0.29, 0.717) is 11.3 Å². The van der Waals surface area contributed by atoms with Gasteiger partial charge >= 0.3 is 6.18 Å². The lowest BCUT2D eigenvalue weighted by atomic mass is 10.1. The smallest absolute Gasteiger partial charge is 0.418 e. The van der Waals surface area contributed by atoms with Gasteiger partial charge in [0.05, 0.1) is 23.6 Å². The molecule has 0 aromatic heterocycles. The van der Waals surface area contributed by atoms with Gasteiger partial charge in [-0.3, -0.25) is 4.79 Å². The topological polar surface area (TPSA) is 38.3 Å². The van der Waals surface area contributed by atoms with Crippen molar-refractivity contribution in [2.45, 2.75) is 24.1 Å². The minimum Gasteiger partial charge on any atom is -0.496 e. The molecule has 27 heavy (non-hydrogen) atoms. The highest BCUT2D eigenvalue weighted by Gasteiger charge is 2.34. The molecule has 0 saturated heterocycles. The molecular formula is C18H16ClF4NO2S. The predicted molar refractivity (Wildman–Crippen MR) is 98.8 cm³/mol. The van der Waals surface area contributed by atoms with Gasteiger partial charge in [-0.1, -0.05) is 11.6 Å². The Balaban J connectivity index is 2.08. The van der Waals surface area contributed by atoms with E-state index >= 15 is 0 Å². The lowest BCUT2D eigenvalue weighted by molar-refractivity contribution is -0.137. The first-order valence-corrected chi connectivity index (χ1v) is 9.16. The van der Waals surface area contributed by atoms with Crippen LogP contribution in [-0.4, -0.2) is 18.3 Å². The van der Waals surface area contributed by atoms with Gasteiger partial charge in [-0.15, -0.1) is 11.8 Å². The molecule has 0 bridgehead atoms. The fourth-order valence-corrected chi connectivity index (χ4v) is 3.28. The number of rotatable bonds is 6. The second kappa shape index (κ2) is 8.84. The molecule has 0 heterocycles. The van der Waals surface area contributed by atoms with Gasteiger partial charge in [0, 0.05) is 16.3 Å². The lowest BCUT2D eigenvalue weighted by Gasteiger charge is -2.17. The molecular weight excluding hydrogens is 406 g/mol. The molecule has 2 aromatic carbocycles. The van der Waals surface area contributed by atoms with E-state index in [-0.39, 0.29) is 16.5 Å². The summed E-state index contributed by atoms with van der Waals surface area (Å²) in [5.41, 5.74) is -0.843. The highest BCUT2D eigenvalue weighted by Crippen LogP contribution is 2.37. The first-order valence-electron chi connectivity index (χ1n) is 7.73. The second-order valence-corrected chi connectivity index (χ2v) is 7.35. The maximum Gasteiger partial charge on any atom is 0.418 e. The SMILES string of the molecule is COc1ccc(F)cc1CSC(C)C(=O)Nc1ccc(Cl)cc1C(F)(F)F. The van der Waals surface area contributed by atoms with E-state index in [2.05, 4.69) is 5.32 Å². The third-order valence-corrected chi connectivity index (χ3v) is 5.07. The van der Waals surface area contributed by atoms with Crippen molar-refractivity contribution >= 4 is 35.0 Å². The number of halogens is 5. The van der Waals surface area contributed by atoms with E-state index in [1.54, 1.807) is 6.92 Å². The predicted octanol–water partition coefficient (Wildman–Crippen LogP) is 5.77. The molecule has 0 radical (unpaired) electrons. The number of hydrogen-bond acceptors (Lipinski definition) is 3. The Bertz CT molecular complexity index is 829. The van der Waals surface area contributed by atoms with Crippen LogP contribution in [0.2, 0.25) is 5.02 Å². The number of carbonyl (C=O) groups is 1. The summed E-state index contributed by atoms with van der Waals surface area (Å²) < 4.78 is 57.8. The zero-order chi connectivity index (χ0) is 20.2. The lowest BCUT2D eigenvalue weighted by Crippen LogP contribution is -2.24. The van der Waals surface area contributed by atoms with Crippen LogP contribution in [0.25, 0.3) is 0 Å². The van der Waals surface area contributed by atoms with Gasteiger partial charge in [-0.25, -0.2) is 4.39 Å². The number of amides is 1. The van der Waals surface area contributed by atoms with Gasteiger partial charge in [-0.05, 0) is 43.3 Å². The van der Waals surface area contributed by atoms with Crippen LogP contribution in [0.4, 0.5) is 23.2 Å². The number of nitrogens with one attached hydrogen (secondary N) is 1. The average molecular weight is 422 g/mol. The van der Waals surface area contributed by atoms with E-state index in [1.165, 1.54) is 31.4 Å². The molecule has 9 heteroatoms. The highest BCUT2D eigenvalue weighted by molar-refractivity contribution is 7.99. The normalized spacial score (nSPS) is 12.6. The fraction of sp³-hybridized carbons (Fsp3) is 0.278. The first kappa shape index (κ1) is 21.4. The van der Waals surface area contributed by atoms with Crippen molar-refractivity contribution in [3.8, 4) is 5.75 Å². The van der Waals surface area contributed by atoms with Crippen LogP contribution in [0.15, 0.2) is 36.4 Å². The minimum absolute atomic E-state index is 0.0825. The Morgan fingerprint density at radius 1 is 1.26 bits per heavy atom. The number of thioether (sulfide) groups is 1. The zero-order valence-corrected chi connectivity index (χ0v) is 15.9. The number of ether oxygens (including phenoxy) is 1. The molecule has 0 aliphatic heterocycles. The Hall–Kier alpha value is -1.93. The van der Waals surface area contributed by atoms with Crippen molar-refractivity contribution in [1.29, 1.82) is 0 Å². The average Bonchev–Trinajstić information content (AvgIpc) is 2.60. The van der Waals surface area contributed by atoms with Crippen molar-refractivity contribution in [2.24, 2.45) is 0 Å². The number of alkyl halides is 3. The number of anilines is 1. The number of carbonyl (C=O) groups excluding carboxylic acids is 1. The summed E-state index contributed by atoms with van der Waals surface area (Å²) in [5.74, 6) is -0.335. The molecule has 1 atom stereocenters. The molecule has 0 spiro atoms. The molecule has 3 nitrogen and oxygen atoms in total. The van der Waals surface area contributed by atoms with Gasteiger partial charge in [0.25, 0.3) is 0 Å². The minimum atomic E-state index is -4.65. The van der Waals surface area contributed by atoms with Crippen LogP contribution < -0.4 is 10.1 Å². The Kier molecular flexibility index (Phi) is 7.00. The first-order chi connectivity index (χ1) is 12.6. The molecule has 2 aromatic rings. The van der Waals surface area contributed by atoms with E-state index in [1.807, 2.05) is 0 Å². The van der Waals surface area contributed by atoms with Gasteiger partial charge < -0.3 is 10.1 Å². The zero-order valence-electron chi connectivity index (χ0n) is 14.4. The summed E-state index contributed by atoms with van der Waals surface area (Å²) in [6.45, 7) is 1.55. The standard InChI is InChI=1S/C18H16ClF4NO2S/c1-10(27-9-11-7-13(20)4-6-16(11)26-2)17(25)24-15-5-3-12(19)8-14(15)18(21,22)23/h3-8,10H,9H2,1-2H3,(H,24,25). The van der Waals surface area contributed by atoms with Crippen LogP contribution >= 0.6 is 23.4 Å². The second-order valence-electron chi connectivity index (χ2n) is 5.59. The van der Waals surface area contributed by atoms with Crippen molar-refractivity contribution in [2.75, 3.05) is 12.4 Å².